The molecule has 9 atom stereocenters. The zero-order valence-electron chi connectivity index (χ0n) is 22.8. The number of nitrogens with zero attached hydrogens (tertiary/aromatic N) is 2. The van der Waals surface area contributed by atoms with Crippen LogP contribution in [0.5, 0.6) is 0 Å². The average Bonchev–Trinajstić information content (AvgIpc) is 3.69. The number of carbonyl (C=O) groups is 2. The molecule has 4 saturated carbocycles. The summed E-state index contributed by atoms with van der Waals surface area (Å²) in [6.07, 6.45) is 9.05. The fraction of sp³-hybridized carbons (Fsp3) is 0.710. The molecule has 3 N–H and O–H groups in total. The number of allylic oxidation sites excluding steroid dienone is 1. The SMILES string of the molecule is CC([C@H]1CC[C@@]2(O)C3=CC(=O)[C@@H]4C[C@@H](O)[C@@H](O)C[C@]4(C)C3CC[C@]12C)N(Cc1cccnc1)C(=O)C1CC1. The number of fused-ring (bicyclic) bond motifs is 5. The summed E-state index contributed by atoms with van der Waals surface area (Å²) in [7, 11) is 0. The second-order valence-electron chi connectivity index (χ2n) is 13.5. The lowest BCUT2D eigenvalue weighted by Crippen LogP contribution is -2.61. The number of pyridine rings is 1. The molecule has 6 rings (SSSR count). The summed E-state index contributed by atoms with van der Waals surface area (Å²) in [4.78, 5) is 33.2. The highest BCUT2D eigenvalue weighted by molar-refractivity contribution is 5.95. The summed E-state index contributed by atoms with van der Waals surface area (Å²) in [6, 6.07) is 3.85. The molecular formula is C31H42N2O5. The fourth-order valence-electron chi connectivity index (χ4n) is 9.08. The molecule has 1 aromatic heterocycles. The summed E-state index contributed by atoms with van der Waals surface area (Å²) in [5.41, 5.74) is -0.229. The number of hydrogen-bond donors (Lipinski definition) is 3. The smallest absolute Gasteiger partial charge is 0.226 e. The van der Waals surface area contributed by atoms with Gasteiger partial charge in [0.2, 0.25) is 5.91 Å². The standard InChI is InChI=1S/C31H42N2O5/c1-18(33(28(37)20-6-7-20)17-19-5-4-12-32-16-19)21-9-11-31(38)23-13-25(34)24-14-26(35)27(36)15-29(24,2)22(23)8-10-30(21,31)3/h4-5,12-13,16,18,20-22,24,26-27,35-36,38H,6-11,14-15,17H2,1-3H3/t18?,21-,22?,24+,26-,27+,29-,30-,31-/m1/s1. The first-order valence-electron chi connectivity index (χ1n) is 14.5. The minimum atomic E-state index is -1.12. The van der Waals surface area contributed by atoms with Crippen LogP contribution in [0, 0.1) is 34.5 Å². The number of carbonyl (C=O) groups excluding carboxylic acids is 2. The van der Waals surface area contributed by atoms with Gasteiger partial charge in [-0.25, -0.2) is 0 Å². The summed E-state index contributed by atoms with van der Waals surface area (Å²) < 4.78 is 0. The van der Waals surface area contributed by atoms with E-state index < -0.39 is 28.6 Å². The van der Waals surface area contributed by atoms with Crippen molar-refractivity contribution in [2.24, 2.45) is 34.5 Å². The normalized spacial score (nSPS) is 42.9. The summed E-state index contributed by atoms with van der Waals surface area (Å²) in [5, 5.41) is 33.4. The first-order chi connectivity index (χ1) is 18.0. The van der Waals surface area contributed by atoms with Gasteiger partial charge in [-0.3, -0.25) is 14.6 Å². The number of aliphatic hydroxyl groups excluding tert-OH is 2. The Bertz CT molecular complexity index is 1150. The maximum atomic E-state index is 13.5. The average molecular weight is 523 g/mol. The second kappa shape index (κ2) is 8.97. The first kappa shape index (κ1) is 26.1. The molecule has 0 radical (unpaired) electrons. The Morgan fingerprint density at radius 3 is 2.58 bits per heavy atom. The monoisotopic (exact) mass is 522 g/mol. The van der Waals surface area contributed by atoms with Crippen LogP contribution in [0.3, 0.4) is 0 Å². The Labute approximate surface area is 225 Å². The molecule has 38 heavy (non-hydrogen) atoms. The third-order valence-corrected chi connectivity index (χ3v) is 11.5. The molecule has 2 unspecified atom stereocenters. The highest BCUT2D eigenvalue weighted by Crippen LogP contribution is 2.67. The van der Waals surface area contributed by atoms with Gasteiger partial charge in [-0.15, -0.1) is 0 Å². The molecule has 0 aliphatic heterocycles. The largest absolute Gasteiger partial charge is 0.390 e. The first-order valence-corrected chi connectivity index (χ1v) is 14.5. The van der Waals surface area contributed by atoms with E-state index in [1.165, 1.54) is 0 Å². The van der Waals surface area contributed by atoms with Crippen molar-refractivity contribution in [3.8, 4) is 0 Å². The molecule has 0 aromatic carbocycles. The summed E-state index contributed by atoms with van der Waals surface area (Å²) in [5.74, 6) is 0.0332. The van der Waals surface area contributed by atoms with Crippen LogP contribution in [0.15, 0.2) is 36.2 Å². The fourth-order valence-corrected chi connectivity index (χ4v) is 9.08. The van der Waals surface area contributed by atoms with Crippen molar-refractivity contribution >= 4 is 11.7 Å². The molecule has 206 valence electrons. The van der Waals surface area contributed by atoms with Crippen molar-refractivity contribution in [2.45, 2.75) is 103 Å². The van der Waals surface area contributed by atoms with Crippen LogP contribution in [-0.4, -0.2) is 60.7 Å². The van der Waals surface area contributed by atoms with Gasteiger partial charge in [0, 0.05) is 42.2 Å². The van der Waals surface area contributed by atoms with E-state index >= 15 is 0 Å². The Balaban J connectivity index is 1.32. The molecular weight excluding hydrogens is 480 g/mol. The predicted molar refractivity (Wildman–Crippen MR) is 141 cm³/mol. The van der Waals surface area contributed by atoms with Gasteiger partial charge in [0.15, 0.2) is 5.78 Å². The number of rotatable bonds is 5. The van der Waals surface area contributed by atoms with E-state index in [0.717, 1.165) is 43.2 Å². The Hall–Kier alpha value is -2.09. The third-order valence-electron chi connectivity index (χ3n) is 11.5. The van der Waals surface area contributed by atoms with Gasteiger partial charge in [0.25, 0.3) is 0 Å². The molecule has 7 nitrogen and oxygen atoms in total. The number of hydrogen-bond acceptors (Lipinski definition) is 6. The summed E-state index contributed by atoms with van der Waals surface area (Å²) >= 11 is 0. The lowest BCUT2D eigenvalue weighted by Gasteiger charge is -2.60. The van der Waals surface area contributed by atoms with E-state index in [1.54, 1.807) is 12.3 Å². The lowest BCUT2D eigenvalue weighted by atomic mass is 9.46. The van der Waals surface area contributed by atoms with Crippen LogP contribution in [0.1, 0.15) is 77.7 Å². The molecule has 0 spiro atoms. The zero-order chi connectivity index (χ0) is 27.0. The third kappa shape index (κ3) is 3.75. The van der Waals surface area contributed by atoms with Crippen LogP contribution in [-0.2, 0) is 16.1 Å². The van der Waals surface area contributed by atoms with Crippen LogP contribution in [0.2, 0.25) is 0 Å². The molecule has 1 amide bonds. The number of ketones is 1. The van der Waals surface area contributed by atoms with Gasteiger partial charge in [-0.2, -0.15) is 0 Å². The highest BCUT2D eigenvalue weighted by Gasteiger charge is 2.67. The Morgan fingerprint density at radius 1 is 1.13 bits per heavy atom. The van der Waals surface area contributed by atoms with Gasteiger partial charge < -0.3 is 20.2 Å². The maximum absolute atomic E-state index is 13.5. The Morgan fingerprint density at radius 2 is 1.89 bits per heavy atom. The molecule has 0 saturated heterocycles. The number of amides is 1. The highest BCUT2D eigenvalue weighted by atomic mass is 16.3. The topological polar surface area (TPSA) is 111 Å². The zero-order valence-corrected chi connectivity index (χ0v) is 22.8. The van der Waals surface area contributed by atoms with Crippen LogP contribution in [0.4, 0.5) is 0 Å². The van der Waals surface area contributed by atoms with E-state index in [9.17, 15) is 24.9 Å². The minimum Gasteiger partial charge on any atom is -0.390 e. The van der Waals surface area contributed by atoms with Gasteiger partial charge in [0.05, 0.1) is 17.8 Å². The van der Waals surface area contributed by atoms with Crippen LogP contribution < -0.4 is 0 Å². The van der Waals surface area contributed by atoms with Crippen molar-refractivity contribution in [3.05, 3.63) is 41.7 Å². The molecule has 5 aliphatic carbocycles. The quantitative estimate of drug-likeness (QED) is 0.547. The number of aromatic nitrogens is 1. The second-order valence-corrected chi connectivity index (χ2v) is 13.5. The van der Waals surface area contributed by atoms with Crippen molar-refractivity contribution in [3.63, 3.8) is 0 Å². The molecule has 0 bridgehead atoms. The maximum Gasteiger partial charge on any atom is 0.226 e. The van der Waals surface area contributed by atoms with Crippen molar-refractivity contribution in [1.82, 2.24) is 9.88 Å². The lowest BCUT2D eigenvalue weighted by molar-refractivity contribution is -0.155. The van der Waals surface area contributed by atoms with Crippen molar-refractivity contribution < 1.29 is 24.9 Å². The molecule has 5 aliphatic rings. The van der Waals surface area contributed by atoms with Crippen molar-refractivity contribution in [1.29, 1.82) is 0 Å². The number of aliphatic hydroxyl groups is 3. The molecule has 1 heterocycles. The van der Waals surface area contributed by atoms with Gasteiger partial charge in [-0.05, 0) is 98.8 Å². The van der Waals surface area contributed by atoms with E-state index in [0.29, 0.717) is 19.4 Å². The summed E-state index contributed by atoms with van der Waals surface area (Å²) in [6.45, 7) is 6.90. The minimum absolute atomic E-state index is 0.000858. The van der Waals surface area contributed by atoms with Crippen molar-refractivity contribution in [2.75, 3.05) is 0 Å². The van der Waals surface area contributed by atoms with E-state index in [-0.39, 0.29) is 47.8 Å². The molecule has 4 fully saturated rings. The predicted octanol–water partition coefficient (Wildman–Crippen LogP) is 3.41. The van der Waals surface area contributed by atoms with Gasteiger partial charge in [0.1, 0.15) is 0 Å². The van der Waals surface area contributed by atoms with E-state index in [4.69, 9.17) is 0 Å². The molecule has 1 aromatic rings. The molecule has 7 heteroatoms. The van der Waals surface area contributed by atoms with Gasteiger partial charge in [-0.1, -0.05) is 19.9 Å². The van der Waals surface area contributed by atoms with Crippen LogP contribution >= 0.6 is 0 Å². The van der Waals surface area contributed by atoms with E-state index in [2.05, 4.69) is 25.8 Å². The Kier molecular flexibility index (Phi) is 6.17. The van der Waals surface area contributed by atoms with Crippen LogP contribution in [0.25, 0.3) is 0 Å². The van der Waals surface area contributed by atoms with Gasteiger partial charge >= 0.3 is 0 Å². The van der Waals surface area contributed by atoms with E-state index in [1.807, 2.05) is 23.2 Å².